The minimum atomic E-state index is -0.878. The third-order valence-corrected chi connectivity index (χ3v) is 2.97. The molecular formula is C13H18ClNO4. The van der Waals surface area contributed by atoms with E-state index in [1.165, 1.54) is 7.11 Å². The average Bonchev–Trinajstić information content (AvgIpc) is 2.35. The molecule has 0 bridgehead atoms. The van der Waals surface area contributed by atoms with Crippen LogP contribution in [0.4, 0.5) is 0 Å². The highest BCUT2D eigenvalue weighted by Crippen LogP contribution is 2.33. The lowest BCUT2D eigenvalue weighted by atomic mass is 9.96. The largest absolute Gasteiger partial charge is 0.496 e. The third-order valence-electron chi connectivity index (χ3n) is 2.75. The second-order valence-corrected chi connectivity index (χ2v) is 4.59. The van der Waals surface area contributed by atoms with Crippen LogP contribution in [0, 0.1) is 0 Å². The van der Waals surface area contributed by atoms with Crippen molar-refractivity contribution in [1.29, 1.82) is 0 Å². The zero-order chi connectivity index (χ0) is 14.4. The van der Waals surface area contributed by atoms with Crippen LogP contribution < -0.4 is 10.5 Å². The molecule has 1 aromatic carbocycles. The molecule has 0 aliphatic rings. The van der Waals surface area contributed by atoms with Crippen molar-refractivity contribution in [3.05, 3.63) is 28.3 Å². The predicted octanol–water partition coefficient (Wildman–Crippen LogP) is 2.36. The Labute approximate surface area is 117 Å². The van der Waals surface area contributed by atoms with Gasteiger partial charge in [0, 0.05) is 30.2 Å². The smallest absolute Gasteiger partial charge is 0.303 e. The summed E-state index contributed by atoms with van der Waals surface area (Å²) in [6.45, 7) is 0.340. The average molecular weight is 288 g/mol. The molecule has 6 heteroatoms. The molecule has 3 N–H and O–H groups in total. The van der Waals surface area contributed by atoms with E-state index in [1.54, 1.807) is 19.2 Å². The molecule has 1 aromatic rings. The summed E-state index contributed by atoms with van der Waals surface area (Å²) in [7, 11) is 3.09. The summed E-state index contributed by atoms with van der Waals surface area (Å²) in [5, 5.41) is 9.25. The molecule has 1 atom stereocenters. The number of nitrogens with two attached hydrogens (primary N) is 1. The lowest BCUT2D eigenvalue weighted by Gasteiger charge is -2.19. The van der Waals surface area contributed by atoms with Crippen molar-refractivity contribution < 1.29 is 19.4 Å². The summed E-state index contributed by atoms with van der Waals surface area (Å²) in [6.07, 6.45) is 0.323. The highest BCUT2D eigenvalue weighted by Gasteiger charge is 2.18. The monoisotopic (exact) mass is 287 g/mol. The standard InChI is InChI=1S/C13H18ClNO4/c1-18-7-8-5-9(14)6-11(19-2)13(8)10(15)3-4-12(16)17/h5-6,10H,3-4,7,15H2,1-2H3,(H,16,17). The summed E-state index contributed by atoms with van der Waals surface area (Å²) in [5.74, 6) is -0.325. The van der Waals surface area contributed by atoms with Crippen LogP contribution in [0.2, 0.25) is 5.02 Å². The van der Waals surface area contributed by atoms with Crippen molar-refractivity contribution in [1.82, 2.24) is 0 Å². The molecule has 0 heterocycles. The molecule has 0 spiro atoms. The number of carboxylic acid groups (broad SMARTS) is 1. The number of rotatable bonds is 7. The first-order chi connectivity index (χ1) is 8.99. The summed E-state index contributed by atoms with van der Waals surface area (Å²) in [6, 6.07) is 2.98. The zero-order valence-corrected chi connectivity index (χ0v) is 11.7. The van der Waals surface area contributed by atoms with Crippen molar-refractivity contribution in [3.63, 3.8) is 0 Å². The first kappa shape index (κ1) is 15.8. The Hall–Kier alpha value is -1.30. The Morgan fingerprint density at radius 2 is 2.16 bits per heavy atom. The van der Waals surface area contributed by atoms with Crippen LogP contribution in [0.1, 0.15) is 30.0 Å². The fraction of sp³-hybridized carbons (Fsp3) is 0.462. The van der Waals surface area contributed by atoms with E-state index >= 15 is 0 Å². The molecular weight excluding hydrogens is 270 g/mol. The van der Waals surface area contributed by atoms with Gasteiger partial charge in [-0.15, -0.1) is 0 Å². The van der Waals surface area contributed by atoms with Crippen LogP contribution >= 0.6 is 11.6 Å². The number of aliphatic carboxylic acids is 1. The highest BCUT2D eigenvalue weighted by molar-refractivity contribution is 6.30. The van der Waals surface area contributed by atoms with Gasteiger partial charge in [0.2, 0.25) is 0 Å². The van der Waals surface area contributed by atoms with Gasteiger partial charge in [0.15, 0.2) is 0 Å². The third kappa shape index (κ3) is 4.38. The van der Waals surface area contributed by atoms with Gasteiger partial charge in [-0.05, 0) is 24.1 Å². The van der Waals surface area contributed by atoms with Gasteiger partial charge in [0.05, 0.1) is 13.7 Å². The van der Waals surface area contributed by atoms with Crippen LogP contribution in [0.25, 0.3) is 0 Å². The van der Waals surface area contributed by atoms with Gasteiger partial charge in [-0.3, -0.25) is 4.79 Å². The Kier molecular flexibility index (Phi) is 6.08. The molecule has 0 radical (unpaired) electrons. The van der Waals surface area contributed by atoms with E-state index in [0.717, 1.165) is 11.1 Å². The number of hydrogen-bond acceptors (Lipinski definition) is 4. The van der Waals surface area contributed by atoms with Gasteiger partial charge < -0.3 is 20.3 Å². The number of hydrogen-bond donors (Lipinski definition) is 2. The summed E-state index contributed by atoms with van der Waals surface area (Å²) < 4.78 is 10.4. The first-order valence-corrected chi connectivity index (χ1v) is 6.20. The number of ether oxygens (including phenoxy) is 2. The van der Waals surface area contributed by atoms with Crippen LogP contribution in [0.15, 0.2) is 12.1 Å². The maximum Gasteiger partial charge on any atom is 0.303 e. The van der Waals surface area contributed by atoms with Crippen molar-refractivity contribution in [3.8, 4) is 5.75 Å². The zero-order valence-electron chi connectivity index (χ0n) is 11.0. The lowest BCUT2D eigenvalue weighted by Crippen LogP contribution is -2.16. The minimum absolute atomic E-state index is 0.000625. The molecule has 0 saturated carbocycles. The van der Waals surface area contributed by atoms with Gasteiger partial charge in [-0.2, -0.15) is 0 Å². The molecule has 0 aliphatic heterocycles. The van der Waals surface area contributed by atoms with Crippen molar-refractivity contribution in [2.24, 2.45) is 5.73 Å². The number of benzene rings is 1. The molecule has 0 amide bonds. The maximum absolute atomic E-state index is 10.6. The quantitative estimate of drug-likeness (QED) is 0.804. The number of carboxylic acids is 1. The van der Waals surface area contributed by atoms with E-state index in [9.17, 15) is 4.79 Å². The Morgan fingerprint density at radius 3 is 2.68 bits per heavy atom. The van der Waals surface area contributed by atoms with Crippen LogP contribution in [-0.2, 0) is 16.1 Å². The van der Waals surface area contributed by atoms with Crippen molar-refractivity contribution in [2.75, 3.05) is 14.2 Å². The molecule has 1 unspecified atom stereocenters. The SMILES string of the molecule is COCc1cc(Cl)cc(OC)c1C(N)CCC(=O)O. The van der Waals surface area contributed by atoms with E-state index in [-0.39, 0.29) is 6.42 Å². The van der Waals surface area contributed by atoms with Gasteiger partial charge in [0.25, 0.3) is 0 Å². The summed E-state index contributed by atoms with van der Waals surface area (Å²) in [5.41, 5.74) is 7.61. The van der Waals surface area contributed by atoms with Crippen molar-refractivity contribution in [2.45, 2.75) is 25.5 Å². The highest BCUT2D eigenvalue weighted by atomic mass is 35.5. The van der Waals surface area contributed by atoms with Crippen molar-refractivity contribution >= 4 is 17.6 Å². The topological polar surface area (TPSA) is 81.8 Å². The molecule has 1 rings (SSSR count). The molecule has 0 saturated heterocycles. The number of halogens is 1. The van der Waals surface area contributed by atoms with E-state index < -0.39 is 12.0 Å². The molecule has 0 aromatic heterocycles. The molecule has 5 nitrogen and oxygen atoms in total. The fourth-order valence-corrected chi connectivity index (χ4v) is 2.17. The van der Waals surface area contributed by atoms with Gasteiger partial charge >= 0.3 is 5.97 Å². The predicted molar refractivity (Wildman–Crippen MR) is 72.5 cm³/mol. The van der Waals surface area contributed by atoms with Crippen LogP contribution in [0.5, 0.6) is 5.75 Å². The van der Waals surface area contributed by atoms with Gasteiger partial charge in [0.1, 0.15) is 5.75 Å². The summed E-state index contributed by atoms with van der Waals surface area (Å²) in [4.78, 5) is 10.6. The molecule has 0 fully saturated rings. The lowest BCUT2D eigenvalue weighted by molar-refractivity contribution is -0.137. The van der Waals surface area contributed by atoms with E-state index in [0.29, 0.717) is 23.8 Å². The Bertz CT molecular complexity index is 451. The minimum Gasteiger partial charge on any atom is -0.496 e. The Morgan fingerprint density at radius 1 is 1.47 bits per heavy atom. The number of methoxy groups -OCH3 is 2. The fourth-order valence-electron chi connectivity index (χ4n) is 1.94. The molecule has 19 heavy (non-hydrogen) atoms. The van der Waals surface area contributed by atoms with E-state index in [2.05, 4.69) is 0 Å². The summed E-state index contributed by atoms with van der Waals surface area (Å²) >= 11 is 6.00. The van der Waals surface area contributed by atoms with E-state index in [4.69, 9.17) is 31.9 Å². The first-order valence-electron chi connectivity index (χ1n) is 5.82. The normalized spacial score (nSPS) is 12.2. The van der Waals surface area contributed by atoms with Crippen LogP contribution in [0.3, 0.4) is 0 Å². The van der Waals surface area contributed by atoms with Gasteiger partial charge in [-0.1, -0.05) is 11.6 Å². The molecule has 0 aliphatic carbocycles. The molecule has 106 valence electrons. The Balaban J connectivity index is 3.10. The number of carbonyl (C=O) groups is 1. The maximum atomic E-state index is 10.6. The van der Waals surface area contributed by atoms with Gasteiger partial charge in [-0.25, -0.2) is 0 Å². The second kappa shape index (κ2) is 7.33. The van der Waals surface area contributed by atoms with E-state index in [1.807, 2.05) is 0 Å². The second-order valence-electron chi connectivity index (χ2n) is 4.15. The van der Waals surface area contributed by atoms with Crippen LogP contribution in [-0.4, -0.2) is 25.3 Å².